The summed E-state index contributed by atoms with van der Waals surface area (Å²) in [4.78, 5) is 11.1. The van der Waals surface area contributed by atoms with Gasteiger partial charge in [-0.3, -0.25) is 9.35 Å². The molecule has 0 aromatic carbocycles. The van der Waals surface area contributed by atoms with E-state index in [0.29, 0.717) is 6.26 Å². The fraction of sp³-hybridized carbons (Fsp3) is 0.778. The molecule has 8 heteroatoms. The third kappa shape index (κ3) is 14.8. The number of amides is 1. The van der Waals surface area contributed by atoms with Crippen LogP contribution >= 0.6 is 0 Å². The van der Waals surface area contributed by atoms with E-state index in [2.05, 4.69) is 5.32 Å². The van der Waals surface area contributed by atoms with Crippen LogP contribution in [0.1, 0.15) is 20.3 Å². The Kier molecular flexibility index (Phi) is 9.55. The molecule has 4 N–H and O–H groups in total. The molecule has 0 spiro atoms. The highest BCUT2D eigenvalue weighted by Crippen LogP contribution is 2.04. The molecule has 100 valence electrons. The summed E-state index contributed by atoms with van der Waals surface area (Å²) in [5.74, 6) is -0.0883. The van der Waals surface area contributed by atoms with Crippen molar-refractivity contribution < 1.29 is 17.8 Å². The lowest BCUT2D eigenvalue weighted by atomic mass is 9.99. The summed E-state index contributed by atoms with van der Waals surface area (Å²) in [6.45, 7) is 3.92. The van der Waals surface area contributed by atoms with E-state index < -0.39 is 16.2 Å². The molecule has 0 aromatic rings. The maximum absolute atomic E-state index is 11.1. The molecule has 0 aliphatic heterocycles. The van der Waals surface area contributed by atoms with Gasteiger partial charge in [-0.15, -0.1) is 0 Å². The fourth-order valence-corrected chi connectivity index (χ4v) is 0.757. The second-order valence-electron chi connectivity index (χ2n) is 3.52. The van der Waals surface area contributed by atoms with Crippen molar-refractivity contribution in [2.45, 2.75) is 26.3 Å². The summed E-state index contributed by atoms with van der Waals surface area (Å²) in [7, 11) is -3.67. The van der Waals surface area contributed by atoms with Crippen molar-refractivity contribution in [1.82, 2.24) is 5.32 Å². The summed E-state index contributed by atoms with van der Waals surface area (Å²) >= 11 is 0. The minimum atomic E-state index is -3.67. The molecule has 0 radical (unpaired) electrons. The zero-order chi connectivity index (χ0) is 14.1. The van der Waals surface area contributed by atoms with Crippen LogP contribution in [0.4, 0.5) is 0 Å². The van der Waals surface area contributed by atoms with Crippen molar-refractivity contribution in [2.24, 2.45) is 11.7 Å². The maximum Gasteiger partial charge on any atom is 0.261 e. The summed E-state index contributed by atoms with van der Waals surface area (Å²) in [6.07, 6.45) is 1.58. The van der Waals surface area contributed by atoms with E-state index in [1.165, 1.54) is 0 Å². The van der Waals surface area contributed by atoms with Crippen molar-refractivity contribution in [3.05, 3.63) is 0 Å². The lowest BCUT2D eigenvalue weighted by molar-refractivity contribution is -0.123. The van der Waals surface area contributed by atoms with E-state index in [1.54, 1.807) is 0 Å². The van der Waals surface area contributed by atoms with Gasteiger partial charge < -0.3 is 11.1 Å². The lowest BCUT2D eigenvalue weighted by Gasteiger charge is -2.16. The molecule has 17 heavy (non-hydrogen) atoms. The van der Waals surface area contributed by atoms with Crippen LogP contribution in [-0.2, 0) is 14.9 Å². The number of nitrogens with one attached hydrogen (secondary N) is 1. The minimum absolute atomic E-state index is 0.0307. The molecule has 0 aromatic heterocycles. The largest absolute Gasteiger partial charge is 0.342 e. The molecule has 0 fully saturated rings. The van der Waals surface area contributed by atoms with Gasteiger partial charge in [0.15, 0.2) is 0 Å². The average Bonchev–Trinajstić information content (AvgIpc) is 2.21. The minimum Gasteiger partial charge on any atom is -0.342 e. The van der Waals surface area contributed by atoms with Gasteiger partial charge in [0.2, 0.25) is 5.91 Å². The number of nitrogens with two attached hydrogens (primary N) is 1. The Bertz CT molecular complexity index is 353. The van der Waals surface area contributed by atoms with E-state index in [1.807, 2.05) is 19.9 Å². The molecular formula is C9H19N3O4S. The topological polar surface area (TPSA) is 133 Å². The summed E-state index contributed by atoms with van der Waals surface area (Å²) < 4.78 is 25.9. The Morgan fingerprint density at radius 3 is 2.29 bits per heavy atom. The van der Waals surface area contributed by atoms with Gasteiger partial charge in [0.1, 0.15) is 6.54 Å². The summed E-state index contributed by atoms with van der Waals surface area (Å²) in [5, 5.41) is 10.6. The number of carbonyl (C=O) groups excluding carboxylic acids is 1. The molecule has 7 nitrogen and oxygen atoms in total. The number of nitriles is 1. The summed E-state index contributed by atoms with van der Waals surface area (Å²) in [6, 6.07) is 1.33. The van der Waals surface area contributed by atoms with Gasteiger partial charge in [-0.05, 0) is 5.92 Å². The fourth-order valence-electron chi connectivity index (χ4n) is 0.757. The summed E-state index contributed by atoms with van der Waals surface area (Å²) in [5.41, 5.74) is 5.59. The Balaban J connectivity index is 0. The van der Waals surface area contributed by atoms with Crippen molar-refractivity contribution in [1.29, 1.82) is 5.26 Å². The van der Waals surface area contributed by atoms with Crippen LogP contribution in [0.3, 0.4) is 0 Å². The first-order chi connectivity index (χ1) is 7.63. The van der Waals surface area contributed by atoms with E-state index in [4.69, 9.17) is 15.5 Å². The molecule has 0 saturated heterocycles. The van der Waals surface area contributed by atoms with Crippen LogP contribution in [0.2, 0.25) is 0 Å². The van der Waals surface area contributed by atoms with Gasteiger partial charge in [0.25, 0.3) is 10.1 Å². The quantitative estimate of drug-likeness (QED) is 0.463. The van der Waals surface area contributed by atoms with Gasteiger partial charge in [0.05, 0.1) is 18.4 Å². The first-order valence-corrected chi connectivity index (χ1v) is 6.81. The average molecular weight is 265 g/mol. The molecule has 0 aliphatic rings. The van der Waals surface area contributed by atoms with Crippen LogP contribution in [0.25, 0.3) is 0 Å². The van der Waals surface area contributed by atoms with Gasteiger partial charge in [0, 0.05) is 0 Å². The highest BCUT2D eigenvalue weighted by Gasteiger charge is 2.18. The van der Waals surface area contributed by atoms with Crippen LogP contribution < -0.4 is 11.1 Å². The Labute approximate surface area is 102 Å². The molecule has 2 atom stereocenters. The predicted molar refractivity (Wildman–Crippen MR) is 63.5 cm³/mol. The second-order valence-corrected chi connectivity index (χ2v) is 4.99. The molecular weight excluding hydrogens is 246 g/mol. The SMILES string of the molecule is CCC(C)[C@H](N)C(=O)NCC#N.CS(=O)(=O)O. The van der Waals surface area contributed by atoms with Crippen LogP contribution in [-0.4, -0.2) is 37.7 Å². The van der Waals surface area contributed by atoms with Gasteiger partial charge in [-0.25, -0.2) is 0 Å². The Morgan fingerprint density at radius 1 is 1.59 bits per heavy atom. The van der Waals surface area contributed by atoms with Crippen molar-refractivity contribution in [2.75, 3.05) is 12.8 Å². The molecule has 0 heterocycles. The van der Waals surface area contributed by atoms with Gasteiger partial charge >= 0.3 is 0 Å². The lowest BCUT2D eigenvalue weighted by Crippen LogP contribution is -2.44. The first-order valence-electron chi connectivity index (χ1n) is 4.96. The number of nitrogens with zero attached hydrogens (tertiary/aromatic N) is 1. The Morgan fingerprint density at radius 2 is 2.00 bits per heavy atom. The van der Waals surface area contributed by atoms with Crippen molar-refractivity contribution >= 4 is 16.0 Å². The highest BCUT2D eigenvalue weighted by atomic mass is 32.2. The van der Waals surface area contributed by atoms with E-state index in [9.17, 15) is 13.2 Å². The highest BCUT2D eigenvalue weighted by molar-refractivity contribution is 7.85. The number of rotatable bonds is 4. The smallest absolute Gasteiger partial charge is 0.261 e. The van der Waals surface area contributed by atoms with Crippen molar-refractivity contribution in [3.63, 3.8) is 0 Å². The maximum atomic E-state index is 11.1. The van der Waals surface area contributed by atoms with Gasteiger partial charge in [-0.2, -0.15) is 13.7 Å². The molecule has 0 aliphatic carbocycles. The second kappa shape index (κ2) is 8.92. The molecule has 0 saturated carbocycles. The predicted octanol–water partition coefficient (Wildman–Crippen LogP) is -0.496. The number of carbonyl (C=O) groups is 1. The third-order valence-electron chi connectivity index (χ3n) is 1.90. The third-order valence-corrected chi connectivity index (χ3v) is 1.90. The van der Waals surface area contributed by atoms with Crippen LogP contribution in [0.5, 0.6) is 0 Å². The van der Waals surface area contributed by atoms with E-state index >= 15 is 0 Å². The molecule has 0 bridgehead atoms. The number of hydrogen-bond acceptors (Lipinski definition) is 5. The standard InChI is InChI=1S/C8H15N3O.CH4O3S/c1-3-6(2)7(10)8(12)11-5-4-9;1-5(2,3)4/h6-7H,3,5,10H2,1-2H3,(H,11,12);1H3,(H,2,3,4)/t6?,7-;/m0./s1. The first kappa shape index (κ1) is 18.2. The Hall–Kier alpha value is -1.17. The van der Waals surface area contributed by atoms with E-state index in [0.717, 1.165) is 6.42 Å². The van der Waals surface area contributed by atoms with Crippen molar-refractivity contribution in [3.8, 4) is 6.07 Å². The van der Waals surface area contributed by atoms with Crippen LogP contribution in [0.15, 0.2) is 0 Å². The molecule has 1 amide bonds. The zero-order valence-corrected chi connectivity index (χ0v) is 11.0. The molecule has 1 unspecified atom stereocenters. The number of hydrogen-bond donors (Lipinski definition) is 3. The zero-order valence-electron chi connectivity index (χ0n) is 10.2. The monoisotopic (exact) mass is 265 g/mol. The normalized spacial score (nSPS) is 13.6. The van der Waals surface area contributed by atoms with E-state index in [-0.39, 0.29) is 18.4 Å². The molecule has 0 rings (SSSR count). The van der Waals surface area contributed by atoms with Crippen LogP contribution in [0, 0.1) is 17.2 Å². The van der Waals surface area contributed by atoms with Gasteiger partial charge in [-0.1, -0.05) is 20.3 Å².